The van der Waals surface area contributed by atoms with Gasteiger partial charge in [0.05, 0.1) is 20.4 Å². The number of hydroxylamine groups is 2. The minimum Gasteiger partial charge on any atom is -0.748 e. The van der Waals surface area contributed by atoms with Crippen LogP contribution in [-0.4, -0.2) is 116 Å². The van der Waals surface area contributed by atoms with Crippen molar-refractivity contribution in [2.24, 2.45) is 0 Å². The van der Waals surface area contributed by atoms with Crippen LogP contribution in [-0.2, 0) is 71.5 Å². The second-order valence-corrected chi connectivity index (χ2v) is 23.9. The molecule has 424 valence electrons. The molecule has 1 fully saturated rings. The van der Waals surface area contributed by atoms with Crippen LogP contribution >= 0.6 is 11.6 Å². The van der Waals surface area contributed by atoms with E-state index in [1.54, 1.807) is 6.07 Å². The van der Waals surface area contributed by atoms with Crippen LogP contribution in [0.5, 0.6) is 0 Å². The number of carbonyl (C=O) groups excluding carboxylic acids is 3. The van der Waals surface area contributed by atoms with E-state index in [0.29, 0.717) is 47.8 Å². The Morgan fingerprint density at radius 1 is 0.800 bits per heavy atom. The standard InChI is InChI=1S/C53H64ClN4O10S2.2Na.2O3S/c1-7-29-55(30-8-2)39-20-24-43-42(35-39)52(3,4)45(56(43)32-13-33-69(62,63)64)25-18-36-14-12-15-37(51(36)54)19-26-46-53(5,6)50-41-22-21-40(70(65,66)67)34-38(41)17-23-44(50)57(46)31-11-9-10-16-49(61)68-58-47(59)27-28-48(58)60;;;2*1-4(2)3/h17-26,34-35H,1-2,7-16,27-33H2,3-6H3,(H,62,63,64)(H,65,66,67);;;;/q-1;2*+1;;/p-2. The minimum absolute atomic E-state index is 0. The molecule has 1 saturated heterocycles. The van der Waals surface area contributed by atoms with Crippen LogP contribution in [0, 0.1) is 13.8 Å². The number of amides is 2. The molecular formula is C53H62ClN4Na2O16S4-. The van der Waals surface area contributed by atoms with Gasteiger partial charge in [-0.3, -0.25) is 9.59 Å². The SMILES string of the molecule is O=S(=O)=O.O=S(=O)=O.[CH2-]CCN(CC[CH2-])c1ccc2c(c1)C(C)(C)C(=CC=C1CCCC(C=CC3=[N+](CCCCCC(=O)ON4C(=O)CCC4=O)c4ccc5cc(S(=O)(=O)[O-])ccc5c4C3(C)C)=C1Cl)N2CCCS(=O)(=O)[O-].[Na+].[Na+]. The summed E-state index contributed by atoms with van der Waals surface area (Å²) < 4.78 is 124. The van der Waals surface area contributed by atoms with Gasteiger partial charge in [-0.25, -0.2) is 21.6 Å². The maximum absolute atomic E-state index is 12.5. The topological polar surface area (TPSA) is 290 Å². The molecule has 0 aromatic heterocycles. The molecule has 20 nitrogen and oxygen atoms in total. The van der Waals surface area contributed by atoms with Crippen LogP contribution in [0.3, 0.4) is 0 Å². The predicted octanol–water partition coefficient (Wildman–Crippen LogP) is 1.32. The van der Waals surface area contributed by atoms with Crippen LogP contribution in [0.15, 0.2) is 99.6 Å². The maximum Gasteiger partial charge on any atom is 1.00 e. The monoisotopic (exact) mass is 1220 g/mol. The molecule has 27 heteroatoms. The van der Waals surface area contributed by atoms with Gasteiger partial charge < -0.3 is 37.6 Å². The van der Waals surface area contributed by atoms with Crippen molar-refractivity contribution < 1.29 is 134 Å². The molecule has 0 saturated carbocycles. The fourth-order valence-electron chi connectivity index (χ4n) is 10.3. The van der Waals surface area contributed by atoms with Gasteiger partial charge in [-0.1, -0.05) is 43.7 Å². The number of allylic oxidation sites excluding steroid dienone is 8. The largest absolute Gasteiger partial charge is 1.00 e. The van der Waals surface area contributed by atoms with E-state index in [-0.39, 0.29) is 89.7 Å². The average molecular weight is 1220 g/mol. The Balaban J connectivity index is 0.00000157. The number of hydrogen-bond donors (Lipinski definition) is 0. The molecule has 0 bridgehead atoms. The summed E-state index contributed by atoms with van der Waals surface area (Å²) >= 11 is 7.33. The molecule has 80 heavy (non-hydrogen) atoms. The first kappa shape index (κ1) is 70.4. The number of fused-ring (bicyclic) bond motifs is 4. The summed E-state index contributed by atoms with van der Waals surface area (Å²) in [5, 5.41) is 2.64. The molecule has 3 aromatic rings. The molecule has 7 rings (SSSR count). The second-order valence-electron chi connectivity index (χ2n) is 19.8. The van der Waals surface area contributed by atoms with Gasteiger partial charge in [0.25, 0.3) is 11.8 Å². The van der Waals surface area contributed by atoms with Crippen LogP contribution in [0.1, 0.15) is 116 Å². The van der Waals surface area contributed by atoms with E-state index in [1.165, 1.54) is 12.1 Å². The number of benzene rings is 3. The Morgan fingerprint density at radius 2 is 1.43 bits per heavy atom. The molecule has 3 aliphatic heterocycles. The van der Waals surface area contributed by atoms with Gasteiger partial charge in [-0.05, 0) is 135 Å². The molecule has 1 aliphatic carbocycles. The number of rotatable bonds is 20. The number of imide groups is 1. The smallest absolute Gasteiger partial charge is 0.748 e. The summed E-state index contributed by atoms with van der Waals surface area (Å²) in [5.74, 6) is -2.16. The molecule has 4 aliphatic rings. The number of nitrogens with zero attached hydrogens (tertiary/aromatic N) is 4. The van der Waals surface area contributed by atoms with Gasteiger partial charge in [-0.2, -0.15) is 17.4 Å². The Kier molecular flexibility index (Phi) is 26.9. The Hall–Kier alpha value is -3.89. The van der Waals surface area contributed by atoms with Crippen molar-refractivity contribution in [2.45, 2.75) is 120 Å². The third kappa shape index (κ3) is 18.3. The second kappa shape index (κ2) is 30.6. The summed E-state index contributed by atoms with van der Waals surface area (Å²) in [5.41, 5.74) is 7.77. The minimum atomic E-state index is -4.68. The van der Waals surface area contributed by atoms with Gasteiger partial charge in [0.15, 0.2) is 5.71 Å². The van der Waals surface area contributed by atoms with Crippen molar-refractivity contribution >= 4 is 104 Å². The predicted molar refractivity (Wildman–Crippen MR) is 290 cm³/mol. The normalized spacial score (nSPS) is 17.4. The van der Waals surface area contributed by atoms with Crippen LogP contribution in [0.2, 0.25) is 0 Å². The third-order valence-electron chi connectivity index (χ3n) is 13.8. The first-order valence-electron chi connectivity index (χ1n) is 25.0. The van der Waals surface area contributed by atoms with Gasteiger partial charge >= 0.3 is 86.3 Å². The van der Waals surface area contributed by atoms with E-state index < -0.39 is 75.8 Å². The summed E-state index contributed by atoms with van der Waals surface area (Å²) in [6.45, 7) is 19.1. The molecule has 2 amide bonds. The Labute approximate surface area is 520 Å². The zero-order valence-electron chi connectivity index (χ0n) is 45.7. The summed E-state index contributed by atoms with van der Waals surface area (Å²) in [7, 11) is -15.3. The molecule has 0 radical (unpaired) electrons. The molecule has 3 aromatic carbocycles. The zero-order chi connectivity index (χ0) is 57.9. The number of unbranched alkanes of at least 4 members (excludes halogenated alkanes) is 2. The number of hydrogen-bond acceptors (Lipinski definition) is 18. The molecular weight excluding hydrogens is 1160 g/mol. The van der Waals surface area contributed by atoms with E-state index in [4.69, 9.17) is 41.7 Å². The van der Waals surface area contributed by atoms with Crippen LogP contribution in [0.25, 0.3) is 10.8 Å². The van der Waals surface area contributed by atoms with E-state index >= 15 is 0 Å². The first-order chi connectivity index (χ1) is 36.5. The fourth-order valence-corrected chi connectivity index (χ4v) is 11.6. The van der Waals surface area contributed by atoms with E-state index in [0.717, 1.165) is 101 Å². The van der Waals surface area contributed by atoms with Gasteiger partial charge in [0, 0.05) is 83.2 Å². The summed E-state index contributed by atoms with van der Waals surface area (Å²) in [6, 6.07) is 14.6. The molecule has 3 heterocycles. The van der Waals surface area contributed by atoms with Crippen molar-refractivity contribution in [3.05, 3.63) is 120 Å². The third-order valence-corrected chi connectivity index (χ3v) is 15.9. The Bertz CT molecular complexity index is 3410. The zero-order valence-corrected chi connectivity index (χ0v) is 53.7. The van der Waals surface area contributed by atoms with Crippen LogP contribution in [0.4, 0.5) is 17.1 Å². The molecule has 0 unspecified atom stereocenters. The summed E-state index contributed by atoms with van der Waals surface area (Å²) in [6.07, 6.45) is 14.1. The van der Waals surface area contributed by atoms with E-state index in [9.17, 15) is 40.3 Å². The first-order valence-corrected chi connectivity index (χ1v) is 30.4. The fraction of sp³-hybridized carbons (Fsp3) is 0.434. The van der Waals surface area contributed by atoms with Crippen molar-refractivity contribution in [2.75, 3.05) is 41.7 Å². The van der Waals surface area contributed by atoms with Crippen molar-refractivity contribution in [3.63, 3.8) is 0 Å². The Morgan fingerprint density at radius 3 is 2.01 bits per heavy atom. The van der Waals surface area contributed by atoms with Crippen molar-refractivity contribution in [1.29, 1.82) is 0 Å². The molecule has 0 atom stereocenters. The molecule has 0 spiro atoms. The van der Waals surface area contributed by atoms with E-state index in [1.807, 2.05) is 12.1 Å². The van der Waals surface area contributed by atoms with Crippen molar-refractivity contribution in [1.82, 2.24) is 5.06 Å². The van der Waals surface area contributed by atoms with Crippen LogP contribution < -0.4 is 68.9 Å². The van der Waals surface area contributed by atoms with Crippen molar-refractivity contribution in [3.8, 4) is 0 Å². The maximum atomic E-state index is 12.5. The number of halogens is 1. The van der Waals surface area contributed by atoms with Gasteiger partial charge in [-0.15, -0.1) is 30.3 Å². The number of anilines is 2. The van der Waals surface area contributed by atoms with E-state index in [2.05, 4.69) is 98.4 Å². The summed E-state index contributed by atoms with van der Waals surface area (Å²) in [4.78, 5) is 45.6. The quantitative estimate of drug-likeness (QED) is 0.0385. The molecule has 0 N–H and O–H groups in total. The van der Waals surface area contributed by atoms with Gasteiger partial charge in [0.2, 0.25) is 5.69 Å². The average Bonchev–Trinajstić information content (AvgIpc) is 4.00. The van der Waals surface area contributed by atoms with Gasteiger partial charge in [0.1, 0.15) is 16.7 Å². The number of carbonyl (C=O) groups is 3.